The minimum atomic E-state index is -0.294. The molecule has 0 saturated heterocycles. The summed E-state index contributed by atoms with van der Waals surface area (Å²) in [5, 5.41) is 10.4. The van der Waals surface area contributed by atoms with E-state index in [9.17, 15) is 5.11 Å². The molecule has 3 rings (SSSR count). The van der Waals surface area contributed by atoms with Crippen LogP contribution in [0.3, 0.4) is 0 Å². The van der Waals surface area contributed by atoms with E-state index >= 15 is 0 Å². The molecule has 0 heterocycles. The van der Waals surface area contributed by atoms with Crippen molar-refractivity contribution in [2.45, 2.75) is 124 Å². The molecule has 0 aromatic carbocycles. The summed E-state index contributed by atoms with van der Waals surface area (Å²) >= 11 is 0. The molecule has 0 aliphatic heterocycles. The van der Waals surface area contributed by atoms with E-state index in [1.807, 2.05) is 0 Å². The lowest BCUT2D eigenvalue weighted by Gasteiger charge is -2.51. The first-order valence-electron chi connectivity index (χ1n) is 13.2. The average Bonchev–Trinajstić information content (AvgIpc) is 3.01. The number of hydrogen-bond donors (Lipinski definition) is 2. The van der Waals surface area contributed by atoms with Gasteiger partial charge in [-0.15, -0.1) is 0 Å². The standard InChI is InChI=1S/C27H51NO/c1-18(2)7-6-8-20(4)23-12-13-24-22-11-9-19(3)17-26(29)25(28)14-10-21(22)15-16-27(23,24)5/h18-26,29H,6-17,28H2,1-5H3/t19?,20-,21?,22?,23-,24?,25+,26+,27-/m1/s1. The number of hydrogen-bond acceptors (Lipinski definition) is 2. The number of aliphatic hydroxyl groups is 1. The topological polar surface area (TPSA) is 46.2 Å². The molecular weight excluding hydrogens is 354 g/mol. The van der Waals surface area contributed by atoms with Crippen LogP contribution in [0, 0.1) is 46.8 Å². The van der Waals surface area contributed by atoms with Crippen molar-refractivity contribution in [2.75, 3.05) is 0 Å². The maximum Gasteiger partial charge on any atom is 0.0693 e. The summed E-state index contributed by atoms with van der Waals surface area (Å²) in [7, 11) is 0. The molecule has 9 atom stereocenters. The lowest BCUT2D eigenvalue weighted by Crippen LogP contribution is -2.44. The van der Waals surface area contributed by atoms with Crippen LogP contribution in [0.1, 0.15) is 112 Å². The van der Waals surface area contributed by atoms with Crippen molar-refractivity contribution in [3.8, 4) is 0 Å². The van der Waals surface area contributed by atoms with Crippen LogP contribution in [0.2, 0.25) is 0 Å². The zero-order valence-corrected chi connectivity index (χ0v) is 20.2. The molecule has 2 heteroatoms. The van der Waals surface area contributed by atoms with Crippen molar-refractivity contribution in [1.29, 1.82) is 0 Å². The molecule has 3 aliphatic carbocycles. The van der Waals surface area contributed by atoms with E-state index in [0.717, 1.165) is 48.3 Å². The van der Waals surface area contributed by atoms with Crippen LogP contribution in [0.25, 0.3) is 0 Å². The third kappa shape index (κ3) is 5.40. The summed E-state index contributed by atoms with van der Waals surface area (Å²) in [5.41, 5.74) is 6.94. The van der Waals surface area contributed by atoms with Gasteiger partial charge in [-0.25, -0.2) is 0 Å². The lowest BCUT2D eigenvalue weighted by atomic mass is 9.54. The molecule has 3 saturated carbocycles. The van der Waals surface area contributed by atoms with E-state index in [2.05, 4.69) is 34.6 Å². The largest absolute Gasteiger partial charge is 0.392 e. The monoisotopic (exact) mass is 405 g/mol. The molecule has 170 valence electrons. The van der Waals surface area contributed by atoms with E-state index in [4.69, 9.17) is 5.73 Å². The van der Waals surface area contributed by atoms with Gasteiger partial charge in [0.25, 0.3) is 0 Å². The Bertz CT molecular complexity index is 505. The molecular formula is C27H51NO. The fraction of sp³-hybridized carbons (Fsp3) is 1.00. The summed E-state index contributed by atoms with van der Waals surface area (Å²) in [6.07, 6.45) is 15.6. The molecule has 2 nitrogen and oxygen atoms in total. The van der Waals surface area contributed by atoms with Crippen molar-refractivity contribution in [1.82, 2.24) is 0 Å². The zero-order chi connectivity index (χ0) is 21.2. The Morgan fingerprint density at radius 3 is 2.45 bits per heavy atom. The normalized spacial score (nSPS) is 44.9. The van der Waals surface area contributed by atoms with Gasteiger partial charge in [0.05, 0.1) is 6.10 Å². The van der Waals surface area contributed by atoms with E-state index in [1.165, 1.54) is 64.2 Å². The van der Waals surface area contributed by atoms with Crippen LogP contribution in [0.5, 0.6) is 0 Å². The van der Waals surface area contributed by atoms with E-state index in [-0.39, 0.29) is 12.1 Å². The zero-order valence-electron chi connectivity index (χ0n) is 20.2. The SMILES string of the molecule is CC(C)CCC[C@@H](C)[C@H]1CCC2C3CCC(C)C[C@H](O)[C@@H](N)CCC3CC[C@@]21C. The Hall–Kier alpha value is -0.0800. The van der Waals surface area contributed by atoms with Gasteiger partial charge in [-0.2, -0.15) is 0 Å². The van der Waals surface area contributed by atoms with E-state index in [0.29, 0.717) is 11.3 Å². The van der Waals surface area contributed by atoms with Crippen molar-refractivity contribution in [3.63, 3.8) is 0 Å². The van der Waals surface area contributed by atoms with Gasteiger partial charge in [-0.05, 0) is 98.2 Å². The van der Waals surface area contributed by atoms with Crippen LogP contribution < -0.4 is 5.73 Å². The predicted molar refractivity (Wildman–Crippen MR) is 125 cm³/mol. The molecule has 0 amide bonds. The highest BCUT2D eigenvalue weighted by atomic mass is 16.3. The average molecular weight is 406 g/mol. The van der Waals surface area contributed by atoms with Crippen molar-refractivity contribution in [2.24, 2.45) is 52.6 Å². The van der Waals surface area contributed by atoms with Gasteiger partial charge in [0.1, 0.15) is 0 Å². The molecule has 0 aromatic rings. The highest BCUT2D eigenvalue weighted by Gasteiger charge is 2.54. The van der Waals surface area contributed by atoms with Gasteiger partial charge in [0.15, 0.2) is 0 Å². The predicted octanol–water partition coefficient (Wildman–Crippen LogP) is 6.80. The van der Waals surface area contributed by atoms with Crippen LogP contribution in [0.4, 0.5) is 0 Å². The molecule has 3 aliphatic rings. The highest BCUT2D eigenvalue weighted by molar-refractivity contribution is 5.03. The van der Waals surface area contributed by atoms with Crippen molar-refractivity contribution >= 4 is 0 Å². The van der Waals surface area contributed by atoms with Gasteiger partial charge in [0.2, 0.25) is 0 Å². The van der Waals surface area contributed by atoms with E-state index in [1.54, 1.807) is 0 Å². The number of rotatable bonds is 5. The number of fused-ring (bicyclic) bond motifs is 3. The van der Waals surface area contributed by atoms with Gasteiger partial charge >= 0.3 is 0 Å². The first kappa shape index (κ1) is 23.6. The van der Waals surface area contributed by atoms with Crippen molar-refractivity contribution in [3.05, 3.63) is 0 Å². The summed E-state index contributed by atoms with van der Waals surface area (Å²) < 4.78 is 0. The third-order valence-corrected chi connectivity index (χ3v) is 9.79. The molecule has 0 bridgehead atoms. The number of nitrogens with two attached hydrogens (primary N) is 1. The second-order valence-electron chi connectivity index (χ2n) is 12.3. The molecule has 0 radical (unpaired) electrons. The summed E-state index contributed by atoms with van der Waals surface area (Å²) in [5.74, 6) is 5.99. The van der Waals surface area contributed by atoms with Crippen molar-refractivity contribution < 1.29 is 5.11 Å². The minimum Gasteiger partial charge on any atom is -0.392 e. The van der Waals surface area contributed by atoms with Crippen LogP contribution >= 0.6 is 0 Å². The minimum absolute atomic E-state index is 0.0122. The smallest absolute Gasteiger partial charge is 0.0693 e. The lowest BCUT2D eigenvalue weighted by molar-refractivity contribution is -0.0181. The quantitative estimate of drug-likeness (QED) is 0.528. The Labute approximate surface area is 181 Å². The fourth-order valence-electron chi connectivity index (χ4n) is 7.97. The second kappa shape index (κ2) is 10.0. The Morgan fingerprint density at radius 2 is 1.72 bits per heavy atom. The first-order valence-corrected chi connectivity index (χ1v) is 13.2. The van der Waals surface area contributed by atoms with Gasteiger partial charge < -0.3 is 10.8 Å². The Morgan fingerprint density at radius 1 is 0.966 bits per heavy atom. The first-order chi connectivity index (χ1) is 13.7. The molecule has 29 heavy (non-hydrogen) atoms. The van der Waals surface area contributed by atoms with Gasteiger partial charge in [-0.3, -0.25) is 0 Å². The maximum atomic E-state index is 10.4. The third-order valence-electron chi connectivity index (χ3n) is 9.79. The number of aliphatic hydroxyl groups excluding tert-OH is 1. The van der Waals surface area contributed by atoms with Gasteiger partial charge in [-0.1, -0.05) is 60.3 Å². The van der Waals surface area contributed by atoms with Crippen LogP contribution in [0.15, 0.2) is 0 Å². The summed E-state index contributed by atoms with van der Waals surface area (Å²) in [6.45, 7) is 12.3. The molecule has 0 spiro atoms. The summed E-state index contributed by atoms with van der Waals surface area (Å²) in [4.78, 5) is 0. The summed E-state index contributed by atoms with van der Waals surface area (Å²) in [6, 6.07) is -0.0122. The Balaban J connectivity index is 1.68. The molecule has 3 N–H and O–H groups in total. The molecule has 0 aromatic heterocycles. The van der Waals surface area contributed by atoms with Gasteiger partial charge in [0, 0.05) is 6.04 Å². The Kier molecular flexibility index (Phi) is 8.15. The van der Waals surface area contributed by atoms with E-state index < -0.39 is 0 Å². The highest BCUT2D eigenvalue weighted by Crippen LogP contribution is 2.62. The second-order valence-corrected chi connectivity index (χ2v) is 12.3. The maximum absolute atomic E-state index is 10.4. The molecule has 4 unspecified atom stereocenters. The molecule has 3 fully saturated rings. The van der Waals surface area contributed by atoms with Crippen LogP contribution in [-0.4, -0.2) is 17.3 Å². The van der Waals surface area contributed by atoms with Crippen LogP contribution in [-0.2, 0) is 0 Å². The fourth-order valence-corrected chi connectivity index (χ4v) is 7.97.